The van der Waals surface area contributed by atoms with Crippen LogP contribution in [0.1, 0.15) is 0 Å². The van der Waals surface area contributed by atoms with Crippen molar-refractivity contribution in [3.63, 3.8) is 0 Å². The lowest BCUT2D eigenvalue weighted by atomic mass is 10.1. The Morgan fingerprint density at radius 1 is 1.39 bits per heavy atom. The van der Waals surface area contributed by atoms with E-state index < -0.39 is 0 Å². The zero-order valence-corrected chi connectivity index (χ0v) is 10.7. The SMILES string of the molecule is CN(C)CCOc1cc(N)ccc1-c1cn[nH]c1. The second kappa shape index (κ2) is 5.55. The Balaban J connectivity index is 2.19. The Hall–Kier alpha value is -2.01. The third kappa shape index (κ3) is 3.01. The fourth-order valence-corrected chi connectivity index (χ4v) is 1.63. The van der Waals surface area contributed by atoms with Crippen molar-refractivity contribution in [2.45, 2.75) is 0 Å². The van der Waals surface area contributed by atoms with E-state index in [1.165, 1.54) is 0 Å². The molecule has 1 aromatic heterocycles. The van der Waals surface area contributed by atoms with E-state index in [1.807, 2.05) is 38.5 Å². The van der Waals surface area contributed by atoms with Crippen molar-refractivity contribution in [1.82, 2.24) is 15.1 Å². The number of nitrogens with zero attached hydrogens (tertiary/aromatic N) is 2. The molecule has 2 rings (SSSR count). The highest BCUT2D eigenvalue weighted by atomic mass is 16.5. The van der Waals surface area contributed by atoms with E-state index in [0.29, 0.717) is 12.3 Å². The van der Waals surface area contributed by atoms with Crippen LogP contribution in [0.3, 0.4) is 0 Å². The van der Waals surface area contributed by atoms with Gasteiger partial charge in [0.05, 0.1) is 6.20 Å². The normalized spacial score (nSPS) is 10.8. The van der Waals surface area contributed by atoms with Crippen LogP contribution < -0.4 is 10.5 Å². The molecule has 0 aliphatic heterocycles. The summed E-state index contributed by atoms with van der Waals surface area (Å²) in [4.78, 5) is 2.07. The average molecular weight is 246 g/mol. The molecule has 0 bridgehead atoms. The van der Waals surface area contributed by atoms with Gasteiger partial charge in [0.15, 0.2) is 0 Å². The molecule has 96 valence electrons. The lowest BCUT2D eigenvalue weighted by molar-refractivity contribution is 0.262. The van der Waals surface area contributed by atoms with Crippen LogP contribution in [0.25, 0.3) is 11.1 Å². The fraction of sp³-hybridized carbons (Fsp3) is 0.308. The first-order valence-electron chi connectivity index (χ1n) is 5.83. The highest BCUT2D eigenvalue weighted by Gasteiger charge is 2.08. The number of aromatic amines is 1. The second-order valence-electron chi connectivity index (χ2n) is 4.39. The summed E-state index contributed by atoms with van der Waals surface area (Å²) in [7, 11) is 4.03. The smallest absolute Gasteiger partial charge is 0.129 e. The highest BCUT2D eigenvalue weighted by molar-refractivity contribution is 5.71. The summed E-state index contributed by atoms with van der Waals surface area (Å²) in [5, 5.41) is 6.75. The number of nitrogens with one attached hydrogen (secondary N) is 1. The number of nitrogens with two attached hydrogens (primary N) is 1. The molecule has 0 unspecified atom stereocenters. The Morgan fingerprint density at radius 3 is 2.89 bits per heavy atom. The van der Waals surface area contributed by atoms with Gasteiger partial charge < -0.3 is 15.4 Å². The molecule has 0 amide bonds. The summed E-state index contributed by atoms with van der Waals surface area (Å²) in [5.74, 6) is 0.790. The zero-order chi connectivity index (χ0) is 13.0. The zero-order valence-electron chi connectivity index (χ0n) is 10.7. The van der Waals surface area contributed by atoms with Crippen molar-refractivity contribution >= 4 is 5.69 Å². The molecule has 0 spiro atoms. The minimum Gasteiger partial charge on any atom is -0.492 e. The molecule has 0 radical (unpaired) electrons. The van der Waals surface area contributed by atoms with Crippen LogP contribution in [0.4, 0.5) is 5.69 Å². The summed E-state index contributed by atoms with van der Waals surface area (Å²) in [6.07, 6.45) is 3.61. The molecule has 2 aromatic rings. The minimum atomic E-state index is 0.626. The number of anilines is 1. The number of benzene rings is 1. The van der Waals surface area contributed by atoms with Gasteiger partial charge >= 0.3 is 0 Å². The first-order valence-corrected chi connectivity index (χ1v) is 5.83. The molecule has 0 fully saturated rings. The second-order valence-corrected chi connectivity index (χ2v) is 4.39. The summed E-state index contributed by atoms with van der Waals surface area (Å²) in [6.45, 7) is 1.49. The van der Waals surface area contributed by atoms with Gasteiger partial charge in [0.1, 0.15) is 12.4 Å². The third-order valence-electron chi connectivity index (χ3n) is 2.61. The molecule has 0 saturated heterocycles. The molecule has 18 heavy (non-hydrogen) atoms. The molecule has 0 aliphatic carbocycles. The van der Waals surface area contributed by atoms with Crippen LogP contribution >= 0.6 is 0 Å². The number of aromatic nitrogens is 2. The molecule has 0 saturated carbocycles. The molecule has 3 N–H and O–H groups in total. The molecule has 0 aliphatic rings. The summed E-state index contributed by atoms with van der Waals surface area (Å²) < 4.78 is 5.79. The molecular formula is C13H18N4O. The van der Waals surface area contributed by atoms with Crippen LogP contribution in [0.15, 0.2) is 30.6 Å². The van der Waals surface area contributed by atoms with Gasteiger partial charge in [-0.1, -0.05) is 0 Å². The lowest BCUT2D eigenvalue weighted by Crippen LogP contribution is -2.19. The van der Waals surface area contributed by atoms with Gasteiger partial charge in [0, 0.05) is 35.6 Å². The number of nitrogen functional groups attached to an aromatic ring is 1. The van der Waals surface area contributed by atoms with E-state index in [9.17, 15) is 0 Å². The maximum atomic E-state index is 5.80. The van der Waals surface area contributed by atoms with E-state index in [1.54, 1.807) is 6.20 Å². The topological polar surface area (TPSA) is 67.2 Å². The number of H-pyrrole nitrogens is 1. The third-order valence-corrected chi connectivity index (χ3v) is 2.61. The summed E-state index contributed by atoms with van der Waals surface area (Å²) in [6, 6.07) is 5.66. The van der Waals surface area contributed by atoms with Gasteiger partial charge in [-0.15, -0.1) is 0 Å². The maximum Gasteiger partial charge on any atom is 0.129 e. The monoisotopic (exact) mass is 246 g/mol. The van der Waals surface area contributed by atoms with E-state index >= 15 is 0 Å². The number of hydrogen-bond donors (Lipinski definition) is 2. The Bertz CT molecular complexity index is 494. The number of ether oxygens (including phenoxy) is 1. The quantitative estimate of drug-likeness (QED) is 0.786. The van der Waals surface area contributed by atoms with Crippen molar-refractivity contribution in [2.75, 3.05) is 33.0 Å². The van der Waals surface area contributed by atoms with Gasteiger partial charge in [-0.25, -0.2) is 0 Å². The van der Waals surface area contributed by atoms with E-state index in [2.05, 4.69) is 15.1 Å². The van der Waals surface area contributed by atoms with E-state index in [-0.39, 0.29) is 0 Å². The van der Waals surface area contributed by atoms with Crippen LogP contribution in [0.5, 0.6) is 5.75 Å². The predicted molar refractivity (Wildman–Crippen MR) is 72.5 cm³/mol. The van der Waals surface area contributed by atoms with Crippen LogP contribution in [-0.4, -0.2) is 42.3 Å². The maximum absolute atomic E-state index is 5.80. The molecule has 5 nitrogen and oxygen atoms in total. The Labute approximate surface area is 107 Å². The standard InChI is InChI=1S/C13H18N4O/c1-17(2)5-6-18-13-7-11(14)3-4-12(13)10-8-15-16-9-10/h3-4,7-9H,5-6,14H2,1-2H3,(H,15,16). The van der Waals surface area contributed by atoms with Gasteiger partial charge in [-0.2, -0.15) is 5.10 Å². The molecular weight excluding hydrogens is 228 g/mol. The van der Waals surface area contributed by atoms with Crippen LogP contribution in [0, 0.1) is 0 Å². The fourth-order valence-electron chi connectivity index (χ4n) is 1.63. The predicted octanol–water partition coefficient (Wildman–Crippen LogP) is 1.60. The lowest BCUT2D eigenvalue weighted by Gasteiger charge is -2.14. The summed E-state index contributed by atoms with van der Waals surface area (Å²) >= 11 is 0. The van der Waals surface area contributed by atoms with Crippen LogP contribution in [-0.2, 0) is 0 Å². The first-order chi connectivity index (χ1) is 8.66. The highest BCUT2D eigenvalue weighted by Crippen LogP contribution is 2.31. The van der Waals surface area contributed by atoms with Crippen molar-refractivity contribution in [2.24, 2.45) is 0 Å². The van der Waals surface area contributed by atoms with Gasteiger partial charge in [-0.05, 0) is 26.2 Å². The average Bonchev–Trinajstić information content (AvgIpc) is 2.82. The molecule has 0 atom stereocenters. The van der Waals surface area contributed by atoms with Gasteiger partial charge in [0.25, 0.3) is 0 Å². The molecule has 1 aromatic carbocycles. The minimum absolute atomic E-state index is 0.626. The number of likely N-dealkylation sites (N-methyl/N-ethyl adjacent to an activating group) is 1. The van der Waals surface area contributed by atoms with Crippen molar-refractivity contribution < 1.29 is 4.74 Å². The molecule has 5 heteroatoms. The largest absolute Gasteiger partial charge is 0.492 e. The van der Waals surface area contributed by atoms with Crippen molar-refractivity contribution in [1.29, 1.82) is 0 Å². The van der Waals surface area contributed by atoms with Crippen molar-refractivity contribution in [3.8, 4) is 16.9 Å². The van der Waals surface area contributed by atoms with Crippen molar-refractivity contribution in [3.05, 3.63) is 30.6 Å². The molecule has 1 heterocycles. The number of rotatable bonds is 5. The number of hydrogen-bond acceptors (Lipinski definition) is 4. The first kappa shape index (κ1) is 12.4. The Morgan fingerprint density at radius 2 is 2.22 bits per heavy atom. The van der Waals surface area contributed by atoms with Gasteiger partial charge in [0.2, 0.25) is 0 Å². The van der Waals surface area contributed by atoms with Gasteiger partial charge in [-0.3, -0.25) is 5.10 Å². The summed E-state index contributed by atoms with van der Waals surface area (Å²) in [5.41, 5.74) is 8.49. The Kier molecular flexibility index (Phi) is 3.84. The van der Waals surface area contributed by atoms with Crippen LogP contribution in [0.2, 0.25) is 0 Å². The van der Waals surface area contributed by atoms with E-state index in [0.717, 1.165) is 23.4 Å². The van der Waals surface area contributed by atoms with E-state index in [4.69, 9.17) is 10.5 Å².